The molecule has 0 saturated carbocycles. The zero-order valence-electron chi connectivity index (χ0n) is 12.3. The van der Waals surface area contributed by atoms with Crippen LogP contribution in [0.3, 0.4) is 0 Å². The Labute approximate surface area is 116 Å². The first-order valence-corrected chi connectivity index (χ1v) is 7.16. The second-order valence-electron chi connectivity index (χ2n) is 5.52. The van der Waals surface area contributed by atoms with Crippen LogP contribution < -0.4 is 4.90 Å². The Morgan fingerprint density at radius 1 is 1.32 bits per heavy atom. The van der Waals surface area contributed by atoms with Gasteiger partial charge in [0, 0.05) is 24.8 Å². The van der Waals surface area contributed by atoms with Crippen molar-refractivity contribution in [2.24, 2.45) is 0 Å². The maximum atomic E-state index is 9.34. The molecule has 0 spiro atoms. The number of anilines is 1. The molecule has 0 radical (unpaired) electrons. The number of hydrogen-bond acceptors (Lipinski definition) is 4. The molecule has 0 atom stereocenters. The molecule has 1 aromatic rings. The summed E-state index contributed by atoms with van der Waals surface area (Å²) >= 11 is 0. The first kappa shape index (κ1) is 14.3. The maximum Gasteiger partial charge on any atom is 0.129 e. The molecule has 1 N–H and O–H groups in total. The second kappa shape index (κ2) is 6.35. The largest absolute Gasteiger partial charge is 0.392 e. The molecule has 1 aliphatic heterocycles. The molecule has 1 aromatic heterocycles. The van der Waals surface area contributed by atoms with E-state index in [1.807, 2.05) is 12.1 Å². The Balaban J connectivity index is 2.10. The number of rotatable bonds is 4. The molecule has 1 fully saturated rings. The van der Waals surface area contributed by atoms with E-state index in [2.05, 4.69) is 30.8 Å². The quantitative estimate of drug-likeness (QED) is 0.897. The summed E-state index contributed by atoms with van der Waals surface area (Å²) in [7, 11) is 4.31. The molecule has 2 heterocycles. The van der Waals surface area contributed by atoms with E-state index in [9.17, 15) is 5.11 Å². The molecule has 0 amide bonds. The summed E-state index contributed by atoms with van der Waals surface area (Å²) in [4.78, 5) is 9.35. The number of aliphatic hydroxyl groups is 1. The third kappa shape index (κ3) is 3.45. The molecule has 0 aromatic carbocycles. The third-order valence-electron chi connectivity index (χ3n) is 3.99. The smallest absolute Gasteiger partial charge is 0.129 e. The predicted molar refractivity (Wildman–Crippen MR) is 78.5 cm³/mol. The summed E-state index contributed by atoms with van der Waals surface area (Å²) in [5.41, 5.74) is 2.04. The Hall–Kier alpha value is -1.13. The van der Waals surface area contributed by atoms with E-state index in [0.29, 0.717) is 6.04 Å². The molecule has 19 heavy (non-hydrogen) atoms. The molecule has 1 aliphatic rings. The van der Waals surface area contributed by atoms with E-state index < -0.39 is 0 Å². The van der Waals surface area contributed by atoms with Gasteiger partial charge in [0.1, 0.15) is 5.82 Å². The van der Waals surface area contributed by atoms with E-state index >= 15 is 0 Å². The van der Waals surface area contributed by atoms with E-state index in [1.165, 1.54) is 12.8 Å². The number of pyridine rings is 1. The highest BCUT2D eigenvalue weighted by molar-refractivity contribution is 5.43. The molecule has 4 nitrogen and oxygen atoms in total. The minimum Gasteiger partial charge on any atom is -0.392 e. The van der Waals surface area contributed by atoms with Crippen LogP contribution in [0.15, 0.2) is 12.1 Å². The molecule has 4 heteroatoms. The Morgan fingerprint density at radius 3 is 2.53 bits per heavy atom. The van der Waals surface area contributed by atoms with E-state index in [0.717, 1.165) is 36.6 Å². The van der Waals surface area contributed by atoms with Gasteiger partial charge in [0.15, 0.2) is 0 Å². The number of piperidine rings is 1. The van der Waals surface area contributed by atoms with Crippen molar-refractivity contribution in [3.8, 4) is 0 Å². The molecular weight excluding hydrogens is 238 g/mol. The third-order valence-corrected chi connectivity index (χ3v) is 3.99. The summed E-state index contributed by atoms with van der Waals surface area (Å²) < 4.78 is 0. The number of hydrogen-bond donors (Lipinski definition) is 1. The molecule has 0 bridgehead atoms. The summed E-state index contributed by atoms with van der Waals surface area (Å²) in [6, 6.07) is 4.70. The first-order valence-electron chi connectivity index (χ1n) is 7.16. The lowest BCUT2D eigenvalue weighted by molar-refractivity contribution is 0.249. The normalized spacial score (nSPS) is 17.2. The lowest BCUT2D eigenvalue weighted by atomic mass is 10.0. The van der Waals surface area contributed by atoms with Crippen LogP contribution in [0.25, 0.3) is 0 Å². The average molecular weight is 263 g/mol. The van der Waals surface area contributed by atoms with Gasteiger partial charge in [-0.3, -0.25) is 0 Å². The van der Waals surface area contributed by atoms with Gasteiger partial charge in [-0.2, -0.15) is 0 Å². The van der Waals surface area contributed by atoms with Gasteiger partial charge in [0.05, 0.1) is 6.61 Å². The highest BCUT2D eigenvalue weighted by Gasteiger charge is 2.21. The molecule has 2 rings (SSSR count). The minimum atomic E-state index is 0.0939. The SMILES string of the molecule is CCc1cc(CO)cc(N2CCC(N(C)C)CC2)n1. The van der Waals surface area contributed by atoms with E-state index in [1.54, 1.807) is 0 Å². The molecule has 1 saturated heterocycles. The van der Waals surface area contributed by atoms with Crippen molar-refractivity contribution in [3.05, 3.63) is 23.4 Å². The monoisotopic (exact) mass is 263 g/mol. The van der Waals surface area contributed by atoms with Gasteiger partial charge in [-0.15, -0.1) is 0 Å². The molecule has 0 aliphatic carbocycles. The van der Waals surface area contributed by atoms with Crippen molar-refractivity contribution in [3.63, 3.8) is 0 Å². The van der Waals surface area contributed by atoms with Crippen LogP contribution >= 0.6 is 0 Å². The first-order chi connectivity index (χ1) is 9.13. The summed E-state index contributed by atoms with van der Waals surface area (Å²) in [5, 5.41) is 9.34. The fraction of sp³-hybridized carbons (Fsp3) is 0.667. The minimum absolute atomic E-state index is 0.0939. The number of aryl methyl sites for hydroxylation is 1. The van der Waals surface area contributed by atoms with Crippen LogP contribution in [-0.2, 0) is 13.0 Å². The topological polar surface area (TPSA) is 39.6 Å². The van der Waals surface area contributed by atoms with E-state index in [4.69, 9.17) is 4.98 Å². The zero-order valence-corrected chi connectivity index (χ0v) is 12.3. The fourth-order valence-corrected chi connectivity index (χ4v) is 2.68. The van der Waals surface area contributed by atoms with Crippen molar-refractivity contribution < 1.29 is 5.11 Å². The highest BCUT2D eigenvalue weighted by Crippen LogP contribution is 2.22. The van der Waals surface area contributed by atoms with Gasteiger partial charge >= 0.3 is 0 Å². The lowest BCUT2D eigenvalue weighted by Crippen LogP contribution is -2.42. The maximum absolute atomic E-state index is 9.34. The number of aromatic nitrogens is 1. The van der Waals surface area contributed by atoms with Gasteiger partial charge in [0.25, 0.3) is 0 Å². The van der Waals surface area contributed by atoms with Crippen LogP contribution in [0.2, 0.25) is 0 Å². The van der Waals surface area contributed by atoms with Crippen LogP contribution in [0, 0.1) is 0 Å². The van der Waals surface area contributed by atoms with Crippen LogP contribution in [0.5, 0.6) is 0 Å². The van der Waals surface area contributed by atoms with Crippen molar-refractivity contribution in [1.82, 2.24) is 9.88 Å². The average Bonchev–Trinajstić information content (AvgIpc) is 2.46. The van der Waals surface area contributed by atoms with Gasteiger partial charge in [0.2, 0.25) is 0 Å². The van der Waals surface area contributed by atoms with Gasteiger partial charge in [-0.25, -0.2) is 4.98 Å². The van der Waals surface area contributed by atoms with E-state index in [-0.39, 0.29) is 6.61 Å². The predicted octanol–water partition coefficient (Wildman–Crippen LogP) is 1.67. The Kier molecular flexibility index (Phi) is 4.77. The number of nitrogens with zero attached hydrogens (tertiary/aromatic N) is 3. The van der Waals surface area contributed by atoms with Crippen molar-refractivity contribution in [2.45, 2.75) is 38.8 Å². The van der Waals surface area contributed by atoms with Crippen molar-refractivity contribution in [2.75, 3.05) is 32.1 Å². The lowest BCUT2D eigenvalue weighted by Gasteiger charge is -2.36. The fourth-order valence-electron chi connectivity index (χ4n) is 2.68. The van der Waals surface area contributed by atoms with Crippen molar-refractivity contribution in [1.29, 1.82) is 0 Å². The van der Waals surface area contributed by atoms with Crippen molar-refractivity contribution >= 4 is 5.82 Å². The zero-order chi connectivity index (χ0) is 13.8. The van der Waals surface area contributed by atoms with Gasteiger partial charge in [-0.05, 0) is 51.1 Å². The standard InChI is InChI=1S/C15H25N3O/c1-4-13-9-12(11-19)10-15(16-13)18-7-5-14(6-8-18)17(2)3/h9-10,14,19H,4-8,11H2,1-3H3. The number of aliphatic hydroxyl groups excluding tert-OH is 1. The van der Waals surface area contributed by atoms with Gasteiger partial charge in [-0.1, -0.05) is 6.92 Å². The highest BCUT2D eigenvalue weighted by atomic mass is 16.3. The van der Waals surface area contributed by atoms with Crippen LogP contribution in [0.1, 0.15) is 31.0 Å². The molecular formula is C15H25N3O. The summed E-state index contributed by atoms with van der Waals surface area (Å²) in [6.45, 7) is 4.30. The van der Waals surface area contributed by atoms with Crippen LogP contribution in [-0.4, -0.2) is 48.2 Å². The van der Waals surface area contributed by atoms with Gasteiger partial charge < -0.3 is 14.9 Å². The summed E-state index contributed by atoms with van der Waals surface area (Å²) in [5.74, 6) is 1.03. The summed E-state index contributed by atoms with van der Waals surface area (Å²) in [6.07, 6.45) is 3.27. The molecule has 0 unspecified atom stereocenters. The van der Waals surface area contributed by atoms with Crippen LogP contribution in [0.4, 0.5) is 5.82 Å². The second-order valence-corrected chi connectivity index (χ2v) is 5.52. The Bertz CT molecular complexity index is 390. The Morgan fingerprint density at radius 2 is 2.00 bits per heavy atom. The molecule has 106 valence electrons.